The van der Waals surface area contributed by atoms with Crippen molar-refractivity contribution in [2.24, 2.45) is 0 Å². The first-order valence-corrected chi connectivity index (χ1v) is 7.59. The molecule has 0 saturated carbocycles. The number of aromatic nitrogens is 1. The molecule has 5 nitrogen and oxygen atoms in total. The monoisotopic (exact) mass is 309 g/mol. The summed E-state index contributed by atoms with van der Waals surface area (Å²) < 4.78 is 16.1. The molecule has 3 aromatic rings. The van der Waals surface area contributed by atoms with Crippen molar-refractivity contribution in [3.05, 3.63) is 48.5 Å². The van der Waals surface area contributed by atoms with Crippen molar-refractivity contribution in [2.45, 2.75) is 18.9 Å². The van der Waals surface area contributed by atoms with Crippen LogP contribution in [0.1, 0.15) is 12.8 Å². The number of fused-ring (bicyclic) bond motifs is 1. The fourth-order valence-corrected chi connectivity index (χ4v) is 2.73. The summed E-state index contributed by atoms with van der Waals surface area (Å²) in [6, 6.07) is 15.1. The highest BCUT2D eigenvalue weighted by atomic mass is 16.6. The van der Waals surface area contributed by atoms with Gasteiger partial charge in [-0.3, -0.25) is 0 Å². The lowest BCUT2D eigenvalue weighted by Gasteiger charge is -2.08. The Kier molecular flexibility index (Phi) is 3.55. The van der Waals surface area contributed by atoms with E-state index < -0.39 is 6.10 Å². The Labute approximate surface area is 132 Å². The normalized spacial score (nSPS) is 17.5. The molecular weight excluding hydrogens is 294 g/mol. The number of carbonyl (C=O) groups is 1. The van der Waals surface area contributed by atoms with Crippen molar-refractivity contribution in [1.29, 1.82) is 0 Å². The van der Waals surface area contributed by atoms with E-state index in [-0.39, 0.29) is 5.97 Å². The topological polar surface area (TPSA) is 61.6 Å². The average Bonchev–Trinajstić information content (AvgIpc) is 3.25. The van der Waals surface area contributed by atoms with E-state index in [1.807, 2.05) is 36.4 Å². The maximum atomic E-state index is 12.0. The zero-order chi connectivity index (χ0) is 15.6. The molecule has 5 heteroatoms. The van der Waals surface area contributed by atoms with Gasteiger partial charge < -0.3 is 14.0 Å². The van der Waals surface area contributed by atoms with Crippen LogP contribution in [-0.4, -0.2) is 23.8 Å². The minimum atomic E-state index is -0.458. The lowest BCUT2D eigenvalue weighted by molar-refractivity contribution is -0.144. The Morgan fingerprint density at radius 3 is 2.83 bits per heavy atom. The van der Waals surface area contributed by atoms with Crippen molar-refractivity contribution in [2.75, 3.05) is 6.61 Å². The fourth-order valence-electron chi connectivity index (χ4n) is 2.73. The van der Waals surface area contributed by atoms with Gasteiger partial charge in [0.15, 0.2) is 11.7 Å². The second-order valence-electron chi connectivity index (χ2n) is 5.48. The highest BCUT2D eigenvalue weighted by Crippen LogP contribution is 2.30. The van der Waals surface area contributed by atoms with Gasteiger partial charge in [0.25, 0.3) is 0 Å². The molecule has 0 aliphatic carbocycles. The van der Waals surface area contributed by atoms with Crippen LogP contribution >= 0.6 is 0 Å². The minimum absolute atomic E-state index is 0.357. The van der Waals surface area contributed by atoms with Crippen LogP contribution in [0.5, 0.6) is 5.75 Å². The van der Waals surface area contributed by atoms with Crippen molar-refractivity contribution >= 4 is 16.9 Å². The third kappa shape index (κ3) is 2.71. The van der Waals surface area contributed by atoms with Gasteiger partial charge in [0, 0.05) is 23.6 Å². The van der Waals surface area contributed by atoms with Gasteiger partial charge in [0.1, 0.15) is 11.4 Å². The molecule has 1 aliphatic heterocycles. The minimum Gasteiger partial charge on any atom is -0.424 e. The van der Waals surface area contributed by atoms with Gasteiger partial charge in [-0.25, -0.2) is 4.79 Å². The van der Waals surface area contributed by atoms with Crippen LogP contribution in [0.25, 0.3) is 22.2 Å². The molecule has 1 aromatic heterocycles. The molecular formula is C18H15NO4. The predicted octanol–water partition coefficient (Wildman–Crippen LogP) is 3.58. The Bertz CT molecular complexity index is 835. The number of nitrogens with zero attached hydrogens (tertiary/aromatic N) is 1. The van der Waals surface area contributed by atoms with Crippen LogP contribution in [0.4, 0.5) is 0 Å². The Balaban J connectivity index is 1.61. The molecule has 23 heavy (non-hydrogen) atoms. The van der Waals surface area contributed by atoms with Gasteiger partial charge in [0.2, 0.25) is 0 Å². The molecule has 1 saturated heterocycles. The molecule has 0 amide bonds. The van der Waals surface area contributed by atoms with Crippen molar-refractivity contribution < 1.29 is 18.8 Å². The largest absolute Gasteiger partial charge is 0.424 e. The summed E-state index contributed by atoms with van der Waals surface area (Å²) in [4.78, 5) is 12.0. The zero-order valence-corrected chi connectivity index (χ0v) is 12.4. The molecule has 2 heterocycles. The standard InChI is InChI=1S/C18H15NO4/c20-18(15-7-4-10-21-15)22-13-8-9-14-16(11-13)23-19-17(14)12-5-2-1-3-6-12/h1-3,5-6,8-9,11,15H,4,7,10H2. The smallest absolute Gasteiger partial charge is 0.340 e. The summed E-state index contributed by atoms with van der Waals surface area (Å²) in [5.41, 5.74) is 2.34. The van der Waals surface area contributed by atoms with Crippen LogP contribution < -0.4 is 4.74 Å². The third-order valence-corrected chi connectivity index (χ3v) is 3.90. The zero-order valence-electron chi connectivity index (χ0n) is 12.4. The quantitative estimate of drug-likeness (QED) is 0.546. The van der Waals surface area contributed by atoms with E-state index in [0.717, 1.165) is 23.1 Å². The Morgan fingerprint density at radius 2 is 2.04 bits per heavy atom. The summed E-state index contributed by atoms with van der Waals surface area (Å²) in [5.74, 6) is 0.0819. The first-order chi connectivity index (χ1) is 11.3. The second-order valence-corrected chi connectivity index (χ2v) is 5.48. The van der Waals surface area contributed by atoms with Crippen molar-refractivity contribution in [3.63, 3.8) is 0 Å². The van der Waals surface area contributed by atoms with Crippen LogP contribution in [0, 0.1) is 0 Å². The molecule has 1 fully saturated rings. The van der Waals surface area contributed by atoms with Crippen molar-refractivity contribution in [3.8, 4) is 17.0 Å². The van der Waals surface area contributed by atoms with E-state index in [4.69, 9.17) is 14.0 Å². The number of hydrogen-bond donors (Lipinski definition) is 0. The van der Waals surface area contributed by atoms with Gasteiger partial charge in [-0.1, -0.05) is 35.5 Å². The second kappa shape index (κ2) is 5.85. The molecule has 1 aliphatic rings. The highest BCUT2D eigenvalue weighted by Gasteiger charge is 2.25. The maximum Gasteiger partial charge on any atom is 0.340 e. The van der Waals surface area contributed by atoms with E-state index >= 15 is 0 Å². The van der Waals surface area contributed by atoms with E-state index in [0.29, 0.717) is 24.4 Å². The third-order valence-electron chi connectivity index (χ3n) is 3.90. The molecule has 0 N–H and O–H groups in total. The summed E-state index contributed by atoms with van der Waals surface area (Å²) >= 11 is 0. The first kappa shape index (κ1) is 14.0. The van der Waals surface area contributed by atoms with Crippen LogP contribution in [0.3, 0.4) is 0 Å². The number of hydrogen-bond acceptors (Lipinski definition) is 5. The van der Waals surface area contributed by atoms with Gasteiger partial charge in [0.05, 0.1) is 0 Å². The fraction of sp³-hybridized carbons (Fsp3) is 0.222. The number of ether oxygens (including phenoxy) is 2. The van der Waals surface area contributed by atoms with Crippen molar-refractivity contribution in [1.82, 2.24) is 5.16 Å². The number of benzene rings is 2. The number of rotatable bonds is 3. The summed E-state index contributed by atoms with van der Waals surface area (Å²) in [6.07, 6.45) is 1.14. The van der Waals surface area contributed by atoms with Crippen LogP contribution in [-0.2, 0) is 9.53 Å². The van der Waals surface area contributed by atoms with Crippen LogP contribution in [0.2, 0.25) is 0 Å². The van der Waals surface area contributed by atoms with Gasteiger partial charge in [-0.2, -0.15) is 0 Å². The molecule has 0 radical (unpaired) electrons. The summed E-state index contributed by atoms with van der Waals surface area (Å²) in [7, 11) is 0. The Hall–Kier alpha value is -2.66. The van der Waals surface area contributed by atoms with E-state index in [2.05, 4.69) is 5.16 Å². The first-order valence-electron chi connectivity index (χ1n) is 7.59. The summed E-state index contributed by atoms with van der Waals surface area (Å²) in [6.45, 7) is 0.612. The van der Waals surface area contributed by atoms with E-state index in [1.54, 1.807) is 12.1 Å². The van der Waals surface area contributed by atoms with Gasteiger partial charge >= 0.3 is 5.97 Å². The molecule has 1 atom stereocenters. The van der Waals surface area contributed by atoms with Crippen LogP contribution in [0.15, 0.2) is 53.1 Å². The molecule has 4 rings (SSSR count). The predicted molar refractivity (Wildman–Crippen MR) is 84.1 cm³/mol. The number of esters is 1. The lowest BCUT2D eigenvalue weighted by atomic mass is 10.1. The Morgan fingerprint density at radius 1 is 1.17 bits per heavy atom. The summed E-state index contributed by atoms with van der Waals surface area (Å²) in [5, 5.41) is 5.01. The SMILES string of the molecule is O=C(Oc1ccc2c(-c3ccccc3)noc2c1)C1CCCO1. The molecule has 116 valence electrons. The highest BCUT2D eigenvalue weighted by molar-refractivity contribution is 5.92. The molecule has 0 bridgehead atoms. The average molecular weight is 309 g/mol. The lowest BCUT2D eigenvalue weighted by Crippen LogP contribution is -2.24. The van der Waals surface area contributed by atoms with Gasteiger partial charge in [-0.05, 0) is 25.0 Å². The van der Waals surface area contributed by atoms with E-state index in [9.17, 15) is 4.79 Å². The molecule has 1 unspecified atom stereocenters. The van der Waals surface area contributed by atoms with Gasteiger partial charge in [-0.15, -0.1) is 0 Å². The van der Waals surface area contributed by atoms with E-state index in [1.165, 1.54) is 0 Å². The number of carbonyl (C=O) groups excluding carboxylic acids is 1. The molecule has 2 aromatic carbocycles. The maximum absolute atomic E-state index is 12.0. The molecule has 0 spiro atoms.